The van der Waals surface area contributed by atoms with Crippen LogP contribution < -0.4 is 10.1 Å². The molecule has 0 spiro atoms. The molecule has 0 bridgehead atoms. The molecule has 1 aromatic carbocycles. The number of hydrogen-bond acceptors (Lipinski definition) is 2. The van der Waals surface area contributed by atoms with Gasteiger partial charge in [0, 0.05) is 6.54 Å². The molecule has 0 aliphatic rings. The van der Waals surface area contributed by atoms with E-state index in [2.05, 4.69) is 5.32 Å². The highest BCUT2D eigenvalue weighted by atomic mass is 19.4. The maximum atomic E-state index is 13.3. The molecule has 6 heteroatoms. The van der Waals surface area contributed by atoms with Crippen LogP contribution in [-0.2, 0) is 6.18 Å². The van der Waals surface area contributed by atoms with Crippen molar-refractivity contribution in [1.82, 2.24) is 5.32 Å². The molecule has 1 N–H and O–H groups in total. The summed E-state index contributed by atoms with van der Waals surface area (Å²) >= 11 is 0. The topological polar surface area (TPSA) is 21.3 Å². The monoisotopic (exact) mass is 265 g/mol. The van der Waals surface area contributed by atoms with Crippen molar-refractivity contribution in [2.24, 2.45) is 0 Å². The van der Waals surface area contributed by atoms with Crippen molar-refractivity contribution in [1.29, 1.82) is 0 Å². The standard InChI is InChI=1S/C12H15F4NO/c1-2-5-17-6-7-18-11-4-3-9(8-10(11)13)12(14,15)16/h3-4,8,17H,2,5-7H2,1H3. The van der Waals surface area contributed by atoms with E-state index in [1.165, 1.54) is 0 Å². The van der Waals surface area contributed by atoms with Crippen molar-refractivity contribution in [2.75, 3.05) is 19.7 Å². The van der Waals surface area contributed by atoms with E-state index in [0.29, 0.717) is 12.6 Å². The first-order chi connectivity index (χ1) is 8.45. The summed E-state index contributed by atoms with van der Waals surface area (Å²) in [4.78, 5) is 0. The summed E-state index contributed by atoms with van der Waals surface area (Å²) < 4.78 is 55.2. The third-order valence-corrected chi connectivity index (χ3v) is 2.22. The predicted octanol–water partition coefficient (Wildman–Crippen LogP) is 3.22. The lowest BCUT2D eigenvalue weighted by atomic mass is 10.2. The van der Waals surface area contributed by atoms with Crippen molar-refractivity contribution in [3.05, 3.63) is 29.6 Å². The second kappa shape index (κ2) is 6.58. The normalized spacial score (nSPS) is 11.6. The fourth-order valence-electron chi connectivity index (χ4n) is 1.33. The highest BCUT2D eigenvalue weighted by Gasteiger charge is 2.31. The van der Waals surface area contributed by atoms with Crippen LogP contribution in [0.15, 0.2) is 18.2 Å². The van der Waals surface area contributed by atoms with Gasteiger partial charge in [-0.1, -0.05) is 6.92 Å². The van der Waals surface area contributed by atoms with Crippen LogP contribution >= 0.6 is 0 Å². The molecule has 0 aromatic heterocycles. The largest absolute Gasteiger partial charge is 0.489 e. The van der Waals surface area contributed by atoms with Gasteiger partial charge in [0.05, 0.1) is 5.56 Å². The molecule has 0 radical (unpaired) electrons. The van der Waals surface area contributed by atoms with E-state index in [4.69, 9.17) is 4.74 Å². The van der Waals surface area contributed by atoms with Gasteiger partial charge in [-0.3, -0.25) is 0 Å². The molecule has 0 fully saturated rings. The third-order valence-electron chi connectivity index (χ3n) is 2.22. The quantitative estimate of drug-likeness (QED) is 0.630. The average molecular weight is 265 g/mol. The molecular formula is C12H15F4NO. The first-order valence-corrected chi connectivity index (χ1v) is 5.65. The third kappa shape index (κ3) is 4.52. The summed E-state index contributed by atoms with van der Waals surface area (Å²) in [6.07, 6.45) is -3.57. The Balaban J connectivity index is 2.53. The molecule has 0 atom stereocenters. The lowest BCUT2D eigenvalue weighted by Crippen LogP contribution is -2.21. The Morgan fingerprint density at radius 3 is 2.50 bits per heavy atom. The molecule has 0 aliphatic carbocycles. The molecule has 0 saturated heterocycles. The Labute approximate surface area is 103 Å². The smallest absolute Gasteiger partial charge is 0.416 e. The van der Waals surface area contributed by atoms with E-state index >= 15 is 0 Å². The van der Waals surface area contributed by atoms with Crippen LogP contribution in [0.3, 0.4) is 0 Å². The Morgan fingerprint density at radius 1 is 1.22 bits per heavy atom. The number of benzene rings is 1. The zero-order valence-corrected chi connectivity index (χ0v) is 9.98. The maximum absolute atomic E-state index is 13.3. The summed E-state index contributed by atoms with van der Waals surface area (Å²) in [6.45, 7) is 3.55. The van der Waals surface area contributed by atoms with Gasteiger partial charge in [0.15, 0.2) is 11.6 Å². The van der Waals surface area contributed by atoms with E-state index in [-0.39, 0.29) is 12.4 Å². The maximum Gasteiger partial charge on any atom is 0.416 e. The van der Waals surface area contributed by atoms with Gasteiger partial charge >= 0.3 is 6.18 Å². The van der Waals surface area contributed by atoms with Crippen LogP contribution in [0.25, 0.3) is 0 Å². The molecule has 0 aliphatic heterocycles. The highest BCUT2D eigenvalue weighted by Crippen LogP contribution is 2.31. The molecule has 0 amide bonds. The number of hydrogen-bond donors (Lipinski definition) is 1. The number of ether oxygens (including phenoxy) is 1. The highest BCUT2D eigenvalue weighted by molar-refractivity contribution is 5.30. The van der Waals surface area contributed by atoms with E-state index in [0.717, 1.165) is 25.1 Å². The minimum atomic E-state index is -4.54. The van der Waals surface area contributed by atoms with Crippen LogP contribution in [0.2, 0.25) is 0 Å². The van der Waals surface area contributed by atoms with Crippen molar-refractivity contribution in [2.45, 2.75) is 19.5 Å². The summed E-state index contributed by atoms with van der Waals surface area (Å²) in [5, 5.41) is 3.03. The van der Waals surface area contributed by atoms with E-state index < -0.39 is 17.6 Å². The molecule has 2 nitrogen and oxygen atoms in total. The van der Waals surface area contributed by atoms with Gasteiger partial charge in [-0.05, 0) is 31.2 Å². The lowest BCUT2D eigenvalue weighted by molar-refractivity contribution is -0.137. The number of alkyl halides is 3. The second-order valence-corrected chi connectivity index (χ2v) is 3.74. The first-order valence-electron chi connectivity index (χ1n) is 5.65. The Kier molecular flexibility index (Phi) is 5.40. The molecule has 18 heavy (non-hydrogen) atoms. The summed E-state index contributed by atoms with van der Waals surface area (Å²) in [7, 11) is 0. The van der Waals surface area contributed by atoms with Crippen LogP contribution in [0.4, 0.5) is 17.6 Å². The molecular weight excluding hydrogens is 250 g/mol. The van der Waals surface area contributed by atoms with Gasteiger partial charge in [-0.15, -0.1) is 0 Å². The Hall–Kier alpha value is -1.30. The van der Waals surface area contributed by atoms with Gasteiger partial charge in [0.2, 0.25) is 0 Å². The number of nitrogens with one attached hydrogen (secondary N) is 1. The van der Waals surface area contributed by atoms with Crippen LogP contribution in [0.1, 0.15) is 18.9 Å². The second-order valence-electron chi connectivity index (χ2n) is 3.74. The minimum absolute atomic E-state index is 0.165. The van der Waals surface area contributed by atoms with Crippen molar-refractivity contribution < 1.29 is 22.3 Å². The number of halogens is 4. The summed E-state index contributed by atoms with van der Waals surface area (Å²) in [5.74, 6) is -1.17. The Bertz CT molecular complexity index is 379. The predicted molar refractivity (Wildman–Crippen MR) is 60.1 cm³/mol. The van der Waals surface area contributed by atoms with Gasteiger partial charge in [-0.2, -0.15) is 13.2 Å². The zero-order chi connectivity index (χ0) is 13.6. The molecule has 0 heterocycles. The lowest BCUT2D eigenvalue weighted by Gasteiger charge is -2.10. The van der Waals surface area contributed by atoms with Gasteiger partial charge < -0.3 is 10.1 Å². The fourth-order valence-corrected chi connectivity index (χ4v) is 1.33. The fraction of sp³-hybridized carbons (Fsp3) is 0.500. The SMILES string of the molecule is CCCNCCOc1ccc(C(F)(F)F)cc1F. The van der Waals surface area contributed by atoms with E-state index in [1.54, 1.807) is 0 Å². The van der Waals surface area contributed by atoms with Gasteiger partial charge in [-0.25, -0.2) is 4.39 Å². The molecule has 1 aromatic rings. The van der Waals surface area contributed by atoms with E-state index in [9.17, 15) is 17.6 Å². The van der Waals surface area contributed by atoms with Crippen molar-refractivity contribution in [3.63, 3.8) is 0 Å². The molecule has 102 valence electrons. The van der Waals surface area contributed by atoms with Crippen LogP contribution in [0.5, 0.6) is 5.75 Å². The van der Waals surface area contributed by atoms with Crippen molar-refractivity contribution >= 4 is 0 Å². The van der Waals surface area contributed by atoms with E-state index in [1.807, 2.05) is 6.92 Å². The van der Waals surface area contributed by atoms with Gasteiger partial charge in [0.25, 0.3) is 0 Å². The molecule has 1 rings (SSSR count). The van der Waals surface area contributed by atoms with Crippen LogP contribution in [0, 0.1) is 5.82 Å². The number of rotatable bonds is 6. The molecule has 0 saturated carbocycles. The summed E-state index contributed by atoms with van der Waals surface area (Å²) in [5.41, 5.74) is -1.02. The van der Waals surface area contributed by atoms with Gasteiger partial charge in [0.1, 0.15) is 6.61 Å². The van der Waals surface area contributed by atoms with Crippen molar-refractivity contribution in [3.8, 4) is 5.75 Å². The average Bonchev–Trinajstić information content (AvgIpc) is 2.29. The Morgan fingerprint density at radius 2 is 1.94 bits per heavy atom. The van der Waals surface area contributed by atoms with Crippen LogP contribution in [-0.4, -0.2) is 19.7 Å². The first kappa shape index (κ1) is 14.8. The summed E-state index contributed by atoms with van der Waals surface area (Å²) in [6, 6.07) is 2.24. The zero-order valence-electron chi connectivity index (χ0n) is 9.98. The minimum Gasteiger partial charge on any atom is -0.489 e. The molecule has 0 unspecified atom stereocenters.